The normalized spacial score (nSPS) is 13.4. The molecule has 0 saturated carbocycles. The minimum atomic E-state index is -0.220. The molecule has 0 N–H and O–H groups in total. The Hall–Kier alpha value is -5.40. The number of fused-ring (bicyclic) bond motifs is 7. The van der Waals surface area contributed by atoms with E-state index >= 15 is 0 Å². The van der Waals surface area contributed by atoms with Crippen molar-refractivity contribution in [2.75, 3.05) is 0 Å². The van der Waals surface area contributed by atoms with Crippen molar-refractivity contribution < 1.29 is 4.42 Å². The zero-order chi connectivity index (χ0) is 29.4. The SMILES string of the molecule is CC1(C)c2c(cccc2-c2c3ccccc3c(-c3ccc(-c4ccccc4)cc3)c3ccccc23)-c2oc3ccccc3c21. The van der Waals surface area contributed by atoms with E-state index in [9.17, 15) is 0 Å². The minimum Gasteiger partial charge on any atom is -0.456 e. The first kappa shape index (κ1) is 25.1. The maximum Gasteiger partial charge on any atom is 0.139 e. The topological polar surface area (TPSA) is 13.1 Å². The minimum absolute atomic E-state index is 0.220. The summed E-state index contributed by atoms with van der Waals surface area (Å²) >= 11 is 0. The van der Waals surface area contributed by atoms with Gasteiger partial charge in [0.2, 0.25) is 0 Å². The van der Waals surface area contributed by atoms with E-state index in [1.54, 1.807) is 0 Å². The third kappa shape index (κ3) is 3.47. The number of hydrogen-bond donors (Lipinski definition) is 0. The molecule has 7 aromatic carbocycles. The highest BCUT2D eigenvalue weighted by Gasteiger charge is 2.42. The van der Waals surface area contributed by atoms with E-state index in [2.05, 4.69) is 159 Å². The summed E-state index contributed by atoms with van der Waals surface area (Å²) in [6.45, 7) is 4.71. The average Bonchev–Trinajstić information content (AvgIpc) is 3.57. The molecule has 0 spiro atoms. The Morgan fingerprint density at radius 2 is 0.886 bits per heavy atom. The molecule has 0 aliphatic heterocycles. The van der Waals surface area contributed by atoms with Crippen LogP contribution in [-0.4, -0.2) is 0 Å². The number of furan rings is 1. The summed E-state index contributed by atoms with van der Waals surface area (Å²) in [5, 5.41) is 6.28. The highest BCUT2D eigenvalue weighted by atomic mass is 16.3. The van der Waals surface area contributed by atoms with E-state index in [4.69, 9.17) is 4.42 Å². The van der Waals surface area contributed by atoms with Gasteiger partial charge in [0, 0.05) is 21.9 Å². The Bertz CT molecular complexity index is 2330. The summed E-state index contributed by atoms with van der Waals surface area (Å²) in [5.41, 5.74) is 12.1. The Balaban J connectivity index is 1.32. The van der Waals surface area contributed by atoms with Gasteiger partial charge in [-0.05, 0) is 66.6 Å². The van der Waals surface area contributed by atoms with Crippen molar-refractivity contribution in [2.45, 2.75) is 19.3 Å². The van der Waals surface area contributed by atoms with Crippen LogP contribution in [0.15, 0.2) is 150 Å². The van der Waals surface area contributed by atoms with Crippen molar-refractivity contribution in [3.05, 3.63) is 157 Å². The summed E-state index contributed by atoms with van der Waals surface area (Å²) in [4.78, 5) is 0. The summed E-state index contributed by atoms with van der Waals surface area (Å²) < 4.78 is 6.56. The maximum atomic E-state index is 6.56. The second-order valence-corrected chi connectivity index (χ2v) is 12.4. The fourth-order valence-electron chi connectivity index (χ4n) is 7.79. The van der Waals surface area contributed by atoms with Crippen molar-refractivity contribution >= 4 is 32.5 Å². The van der Waals surface area contributed by atoms with E-state index in [1.807, 2.05) is 0 Å². The number of benzene rings is 7. The van der Waals surface area contributed by atoms with Gasteiger partial charge in [-0.15, -0.1) is 0 Å². The van der Waals surface area contributed by atoms with Crippen molar-refractivity contribution in [1.82, 2.24) is 0 Å². The first-order valence-electron chi connectivity index (χ1n) is 15.4. The summed E-state index contributed by atoms with van der Waals surface area (Å²) in [6, 6.07) is 52.7. The molecule has 1 aromatic heterocycles. The molecule has 208 valence electrons. The van der Waals surface area contributed by atoms with Crippen LogP contribution in [0.3, 0.4) is 0 Å². The van der Waals surface area contributed by atoms with Gasteiger partial charge >= 0.3 is 0 Å². The second kappa shape index (κ2) is 9.30. The van der Waals surface area contributed by atoms with Gasteiger partial charge in [-0.3, -0.25) is 0 Å². The summed E-state index contributed by atoms with van der Waals surface area (Å²) in [5.74, 6) is 1.01. The third-order valence-electron chi connectivity index (χ3n) is 9.64. The molecule has 1 heterocycles. The van der Waals surface area contributed by atoms with E-state index in [1.165, 1.54) is 77.0 Å². The summed E-state index contributed by atoms with van der Waals surface area (Å²) in [6.07, 6.45) is 0. The molecule has 1 heteroatoms. The van der Waals surface area contributed by atoms with Crippen LogP contribution in [0.2, 0.25) is 0 Å². The predicted octanol–water partition coefficient (Wildman–Crippen LogP) is 12.0. The van der Waals surface area contributed by atoms with Crippen LogP contribution < -0.4 is 0 Å². The van der Waals surface area contributed by atoms with Crippen LogP contribution in [0.25, 0.3) is 77.2 Å². The molecule has 1 nitrogen and oxygen atoms in total. The average molecular weight is 563 g/mol. The quantitative estimate of drug-likeness (QED) is 0.195. The number of rotatable bonds is 3. The zero-order valence-corrected chi connectivity index (χ0v) is 24.8. The first-order chi connectivity index (χ1) is 21.6. The largest absolute Gasteiger partial charge is 0.456 e. The molecule has 44 heavy (non-hydrogen) atoms. The smallest absolute Gasteiger partial charge is 0.139 e. The zero-order valence-electron chi connectivity index (χ0n) is 24.8. The van der Waals surface area contributed by atoms with Crippen LogP contribution in [-0.2, 0) is 5.41 Å². The molecular formula is C43H30O. The standard InChI is InChI=1S/C43H30O/c1-43(2)40-35(20-12-21-36(40)42-41(43)34-19-10-11-22-37(34)44-42)39-32-17-8-6-15-30(32)38(31-16-7-9-18-33(31)39)29-25-23-28(24-26-29)27-13-4-3-5-14-27/h3-26H,1-2H3. The molecule has 0 radical (unpaired) electrons. The van der Waals surface area contributed by atoms with Gasteiger partial charge in [-0.25, -0.2) is 0 Å². The van der Waals surface area contributed by atoms with Crippen LogP contribution in [0.4, 0.5) is 0 Å². The van der Waals surface area contributed by atoms with E-state index in [-0.39, 0.29) is 5.41 Å². The van der Waals surface area contributed by atoms with Gasteiger partial charge in [-0.1, -0.05) is 153 Å². The van der Waals surface area contributed by atoms with Crippen LogP contribution in [0.5, 0.6) is 0 Å². The molecule has 0 amide bonds. The molecule has 0 bridgehead atoms. The molecule has 0 unspecified atom stereocenters. The molecule has 1 aliphatic carbocycles. The molecule has 8 aromatic rings. The Morgan fingerprint density at radius 1 is 0.386 bits per heavy atom. The van der Waals surface area contributed by atoms with Gasteiger partial charge in [0.05, 0.1) is 0 Å². The van der Waals surface area contributed by atoms with Crippen molar-refractivity contribution in [1.29, 1.82) is 0 Å². The lowest BCUT2D eigenvalue weighted by molar-refractivity contribution is 0.619. The fourth-order valence-corrected chi connectivity index (χ4v) is 7.79. The van der Waals surface area contributed by atoms with Gasteiger partial charge in [-0.2, -0.15) is 0 Å². The number of hydrogen-bond acceptors (Lipinski definition) is 1. The Labute approximate surface area is 257 Å². The van der Waals surface area contributed by atoms with Crippen LogP contribution >= 0.6 is 0 Å². The molecule has 0 atom stereocenters. The molecule has 0 fully saturated rings. The van der Waals surface area contributed by atoms with E-state index in [0.29, 0.717) is 0 Å². The lowest BCUT2D eigenvalue weighted by Gasteiger charge is -2.26. The van der Waals surface area contributed by atoms with Crippen LogP contribution in [0.1, 0.15) is 25.0 Å². The first-order valence-corrected chi connectivity index (χ1v) is 15.4. The number of para-hydroxylation sites is 1. The molecule has 1 aliphatic rings. The second-order valence-electron chi connectivity index (χ2n) is 12.4. The Kier molecular flexibility index (Phi) is 5.31. The lowest BCUT2D eigenvalue weighted by atomic mass is 9.76. The Morgan fingerprint density at radius 3 is 1.55 bits per heavy atom. The monoisotopic (exact) mass is 562 g/mol. The molecular weight excluding hydrogens is 532 g/mol. The van der Waals surface area contributed by atoms with Gasteiger partial charge in [0.15, 0.2) is 0 Å². The van der Waals surface area contributed by atoms with Crippen LogP contribution in [0, 0.1) is 0 Å². The van der Waals surface area contributed by atoms with Crippen molar-refractivity contribution in [3.8, 4) is 44.7 Å². The predicted molar refractivity (Wildman–Crippen MR) is 185 cm³/mol. The maximum absolute atomic E-state index is 6.56. The van der Waals surface area contributed by atoms with Gasteiger partial charge in [0.1, 0.15) is 11.3 Å². The van der Waals surface area contributed by atoms with Crippen molar-refractivity contribution in [3.63, 3.8) is 0 Å². The van der Waals surface area contributed by atoms with E-state index < -0.39 is 0 Å². The molecule has 0 saturated heterocycles. The lowest BCUT2D eigenvalue weighted by Crippen LogP contribution is -2.16. The van der Waals surface area contributed by atoms with Gasteiger partial charge in [0.25, 0.3) is 0 Å². The third-order valence-corrected chi connectivity index (χ3v) is 9.64. The molecule has 9 rings (SSSR count). The van der Waals surface area contributed by atoms with Gasteiger partial charge < -0.3 is 4.42 Å². The highest BCUT2D eigenvalue weighted by Crippen LogP contribution is 2.57. The fraction of sp³-hybridized carbons (Fsp3) is 0.0698. The van der Waals surface area contributed by atoms with Crippen molar-refractivity contribution in [2.24, 2.45) is 0 Å². The summed E-state index contributed by atoms with van der Waals surface area (Å²) in [7, 11) is 0. The van der Waals surface area contributed by atoms with E-state index in [0.717, 1.165) is 11.3 Å². The highest BCUT2D eigenvalue weighted by molar-refractivity contribution is 6.22.